The molecule has 5 heteroatoms. The molecule has 0 aliphatic rings. The Morgan fingerprint density at radius 1 is 1.75 bits per heavy atom. The number of methoxy groups -OCH3 is 1. The summed E-state index contributed by atoms with van der Waals surface area (Å²) >= 11 is 0. The zero-order valence-electron chi connectivity index (χ0n) is 6.83. The quantitative estimate of drug-likeness (QED) is 0.614. The number of H-pyrrole nitrogens is 1. The van der Waals surface area contributed by atoms with Crippen molar-refractivity contribution < 1.29 is 4.74 Å². The Morgan fingerprint density at radius 3 is 3.25 bits per heavy atom. The topological polar surface area (TPSA) is 67.0 Å². The minimum absolute atomic E-state index is 0.350. The van der Waals surface area contributed by atoms with Crippen molar-refractivity contribution in [1.82, 2.24) is 9.97 Å². The van der Waals surface area contributed by atoms with Crippen LogP contribution in [0, 0.1) is 0 Å². The molecule has 1 heterocycles. The molecule has 2 N–H and O–H groups in total. The molecule has 0 saturated carbocycles. The maximum atomic E-state index is 10.7. The lowest BCUT2D eigenvalue weighted by Gasteiger charge is -2.02. The Labute approximate surface area is 69.8 Å². The number of nitrogens with zero attached hydrogens (tertiary/aromatic N) is 1. The molecule has 0 fully saturated rings. The minimum Gasteiger partial charge on any atom is -0.383 e. The van der Waals surface area contributed by atoms with Crippen molar-refractivity contribution in [2.24, 2.45) is 0 Å². The van der Waals surface area contributed by atoms with Crippen molar-refractivity contribution in [3.8, 4) is 0 Å². The Balaban J connectivity index is 2.47. The summed E-state index contributed by atoms with van der Waals surface area (Å²) in [7, 11) is 1.62. The number of aromatic amines is 1. The van der Waals surface area contributed by atoms with E-state index in [1.54, 1.807) is 19.4 Å². The van der Waals surface area contributed by atoms with Crippen LogP contribution >= 0.6 is 0 Å². The molecule has 0 amide bonds. The van der Waals surface area contributed by atoms with Crippen LogP contribution in [0.3, 0.4) is 0 Å². The van der Waals surface area contributed by atoms with Gasteiger partial charge in [0.15, 0.2) is 0 Å². The second kappa shape index (κ2) is 4.50. The van der Waals surface area contributed by atoms with Crippen LogP contribution in [0.5, 0.6) is 0 Å². The molecule has 12 heavy (non-hydrogen) atoms. The summed E-state index contributed by atoms with van der Waals surface area (Å²) in [5.41, 5.74) is -0.350. The highest BCUT2D eigenvalue weighted by molar-refractivity contribution is 5.31. The number of aromatic nitrogens is 2. The van der Waals surface area contributed by atoms with Gasteiger partial charge in [-0.25, -0.2) is 4.79 Å². The SMILES string of the molecule is COCCNc1cc[nH]c(=O)n1. The molecule has 0 atom stereocenters. The number of rotatable bonds is 4. The first-order chi connectivity index (χ1) is 5.83. The standard InChI is InChI=1S/C7H11N3O2/c1-12-5-4-8-6-2-3-9-7(11)10-6/h2-3H,4-5H2,1H3,(H2,8,9,10,11). The maximum Gasteiger partial charge on any atom is 0.346 e. The molecule has 66 valence electrons. The van der Waals surface area contributed by atoms with E-state index in [-0.39, 0.29) is 5.69 Å². The van der Waals surface area contributed by atoms with E-state index >= 15 is 0 Å². The summed E-state index contributed by atoms with van der Waals surface area (Å²) in [6, 6.07) is 1.69. The normalized spacial score (nSPS) is 9.75. The molecule has 0 spiro atoms. The van der Waals surface area contributed by atoms with Crippen LogP contribution in [0.4, 0.5) is 5.82 Å². The lowest BCUT2D eigenvalue weighted by atomic mass is 10.5. The molecule has 1 aromatic rings. The zero-order chi connectivity index (χ0) is 8.81. The fraction of sp³-hybridized carbons (Fsp3) is 0.429. The molecule has 0 saturated heterocycles. The number of nitrogens with one attached hydrogen (secondary N) is 2. The zero-order valence-corrected chi connectivity index (χ0v) is 6.83. The first kappa shape index (κ1) is 8.73. The molecule has 0 aliphatic heterocycles. The summed E-state index contributed by atoms with van der Waals surface area (Å²) in [6.07, 6.45) is 1.55. The van der Waals surface area contributed by atoms with Gasteiger partial charge in [0.1, 0.15) is 5.82 Å². The van der Waals surface area contributed by atoms with Gasteiger partial charge in [-0.2, -0.15) is 4.98 Å². The van der Waals surface area contributed by atoms with Gasteiger partial charge >= 0.3 is 5.69 Å². The Kier molecular flexibility index (Phi) is 3.28. The molecule has 1 aromatic heterocycles. The highest BCUT2D eigenvalue weighted by atomic mass is 16.5. The lowest BCUT2D eigenvalue weighted by Crippen LogP contribution is -2.15. The fourth-order valence-electron chi connectivity index (χ4n) is 0.750. The second-order valence-electron chi connectivity index (χ2n) is 2.20. The third-order valence-electron chi connectivity index (χ3n) is 1.28. The average Bonchev–Trinajstić information content (AvgIpc) is 2.05. The molecule has 0 bridgehead atoms. The highest BCUT2D eigenvalue weighted by Gasteiger charge is 1.91. The molecule has 0 radical (unpaired) electrons. The second-order valence-corrected chi connectivity index (χ2v) is 2.20. The van der Waals surface area contributed by atoms with Gasteiger partial charge < -0.3 is 15.0 Å². The summed E-state index contributed by atoms with van der Waals surface area (Å²) in [6.45, 7) is 1.24. The van der Waals surface area contributed by atoms with Crippen molar-refractivity contribution in [2.45, 2.75) is 0 Å². The molecule has 1 rings (SSSR count). The van der Waals surface area contributed by atoms with Gasteiger partial charge in [0.05, 0.1) is 6.61 Å². The van der Waals surface area contributed by atoms with E-state index in [9.17, 15) is 4.79 Å². The fourth-order valence-corrected chi connectivity index (χ4v) is 0.750. The Morgan fingerprint density at radius 2 is 2.58 bits per heavy atom. The Hall–Kier alpha value is -1.36. The van der Waals surface area contributed by atoms with E-state index in [2.05, 4.69) is 15.3 Å². The number of hydrogen-bond acceptors (Lipinski definition) is 4. The van der Waals surface area contributed by atoms with E-state index in [4.69, 9.17) is 4.74 Å². The number of anilines is 1. The van der Waals surface area contributed by atoms with Crippen molar-refractivity contribution in [3.05, 3.63) is 22.7 Å². The van der Waals surface area contributed by atoms with Crippen LogP contribution in [0.25, 0.3) is 0 Å². The van der Waals surface area contributed by atoms with E-state index in [0.717, 1.165) is 0 Å². The largest absolute Gasteiger partial charge is 0.383 e. The highest BCUT2D eigenvalue weighted by Crippen LogP contribution is 1.93. The first-order valence-electron chi connectivity index (χ1n) is 3.61. The molecule has 0 unspecified atom stereocenters. The monoisotopic (exact) mass is 169 g/mol. The molecular weight excluding hydrogens is 158 g/mol. The van der Waals surface area contributed by atoms with Crippen molar-refractivity contribution in [1.29, 1.82) is 0 Å². The van der Waals surface area contributed by atoms with Crippen LogP contribution in [0.1, 0.15) is 0 Å². The molecule has 0 aromatic carbocycles. The maximum absolute atomic E-state index is 10.7. The minimum atomic E-state index is -0.350. The predicted octanol–water partition coefficient (Wildman–Crippen LogP) is -0.172. The van der Waals surface area contributed by atoms with E-state index < -0.39 is 0 Å². The summed E-state index contributed by atoms with van der Waals surface area (Å²) in [4.78, 5) is 16.8. The first-order valence-corrected chi connectivity index (χ1v) is 3.61. The van der Waals surface area contributed by atoms with Crippen LogP contribution in [0.2, 0.25) is 0 Å². The molecule has 0 aliphatic carbocycles. The smallest absolute Gasteiger partial charge is 0.346 e. The van der Waals surface area contributed by atoms with Gasteiger partial charge in [-0.15, -0.1) is 0 Å². The van der Waals surface area contributed by atoms with Gasteiger partial charge in [-0.05, 0) is 6.07 Å². The predicted molar refractivity (Wildman–Crippen MR) is 45.2 cm³/mol. The van der Waals surface area contributed by atoms with Crippen LogP contribution in [-0.2, 0) is 4.74 Å². The summed E-state index contributed by atoms with van der Waals surface area (Å²) < 4.78 is 4.82. The van der Waals surface area contributed by atoms with Gasteiger partial charge in [0.2, 0.25) is 0 Å². The molecule has 5 nitrogen and oxygen atoms in total. The van der Waals surface area contributed by atoms with Crippen molar-refractivity contribution >= 4 is 5.82 Å². The van der Waals surface area contributed by atoms with Gasteiger partial charge in [-0.3, -0.25) is 0 Å². The van der Waals surface area contributed by atoms with Gasteiger partial charge in [0, 0.05) is 19.9 Å². The van der Waals surface area contributed by atoms with Gasteiger partial charge in [-0.1, -0.05) is 0 Å². The third kappa shape index (κ3) is 2.71. The van der Waals surface area contributed by atoms with Crippen LogP contribution in [0.15, 0.2) is 17.1 Å². The Bertz CT molecular complexity index is 284. The van der Waals surface area contributed by atoms with Crippen molar-refractivity contribution in [3.63, 3.8) is 0 Å². The number of ether oxygens (including phenoxy) is 1. The van der Waals surface area contributed by atoms with Gasteiger partial charge in [0.25, 0.3) is 0 Å². The summed E-state index contributed by atoms with van der Waals surface area (Å²) in [5.74, 6) is 0.566. The van der Waals surface area contributed by atoms with E-state index in [1.165, 1.54) is 0 Å². The third-order valence-corrected chi connectivity index (χ3v) is 1.28. The lowest BCUT2D eigenvalue weighted by molar-refractivity contribution is 0.210. The van der Waals surface area contributed by atoms with Crippen molar-refractivity contribution in [2.75, 3.05) is 25.6 Å². The van der Waals surface area contributed by atoms with E-state index in [0.29, 0.717) is 19.0 Å². The molecular formula is C7H11N3O2. The summed E-state index contributed by atoms with van der Waals surface area (Å²) in [5, 5.41) is 2.93. The van der Waals surface area contributed by atoms with Crippen LogP contribution in [-0.4, -0.2) is 30.2 Å². The number of hydrogen-bond donors (Lipinski definition) is 2. The average molecular weight is 169 g/mol. The van der Waals surface area contributed by atoms with E-state index in [1.807, 2.05) is 0 Å². The van der Waals surface area contributed by atoms with Crippen LogP contribution < -0.4 is 11.0 Å².